The van der Waals surface area contributed by atoms with Gasteiger partial charge in [0.25, 0.3) is 0 Å². The first-order valence-corrected chi connectivity index (χ1v) is 6.00. The molecule has 2 aliphatic heterocycles. The fraction of sp³-hybridized carbons (Fsp3) is 0.917. The average molecular weight is 243 g/mol. The molecule has 5 nitrogen and oxygen atoms in total. The Bertz CT molecular complexity index is 321. The van der Waals surface area contributed by atoms with Crippen LogP contribution in [0.1, 0.15) is 34.6 Å². The predicted octanol–water partition coefficient (Wildman–Crippen LogP) is 0.820. The first kappa shape index (κ1) is 12.8. The van der Waals surface area contributed by atoms with Crippen molar-refractivity contribution in [3.63, 3.8) is 0 Å². The van der Waals surface area contributed by atoms with Crippen molar-refractivity contribution >= 4 is 5.97 Å². The van der Waals surface area contributed by atoms with E-state index in [9.17, 15) is 4.79 Å². The van der Waals surface area contributed by atoms with Gasteiger partial charge in [0.2, 0.25) is 0 Å². The van der Waals surface area contributed by atoms with Gasteiger partial charge in [-0.3, -0.25) is 10.1 Å². The van der Waals surface area contributed by atoms with E-state index < -0.39 is 17.4 Å². The van der Waals surface area contributed by atoms with Crippen LogP contribution in [0.2, 0.25) is 0 Å². The first-order valence-electron chi connectivity index (χ1n) is 6.00. The molecule has 0 radical (unpaired) electrons. The van der Waals surface area contributed by atoms with Gasteiger partial charge in [0, 0.05) is 6.54 Å². The van der Waals surface area contributed by atoms with Gasteiger partial charge >= 0.3 is 5.97 Å². The van der Waals surface area contributed by atoms with Gasteiger partial charge in [0.15, 0.2) is 5.79 Å². The van der Waals surface area contributed by atoms with E-state index in [0.717, 1.165) is 0 Å². The van der Waals surface area contributed by atoms with Crippen molar-refractivity contribution in [3.8, 4) is 0 Å². The summed E-state index contributed by atoms with van der Waals surface area (Å²) >= 11 is 0. The molecule has 2 aliphatic rings. The molecule has 0 aliphatic carbocycles. The molecule has 0 spiro atoms. The second-order valence-corrected chi connectivity index (χ2v) is 6.06. The molecule has 0 aromatic rings. The summed E-state index contributed by atoms with van der Waals surface area (Å²) < 4.78 is 16.8. The molecular weight excluding hydrogens is 222 g/mol. The zero-order chi connectivity index (χ0) is 12.8. The van der Waals surface area contributed by atoms with Crippen LogP contribution in [0.3, 0.4) is 0 Å². The van der Waals surface area contributed by atoms with E-state index in [4.69, 9.17) is 14.2 Å². The van der Waals surface area contributed by atoms with Crippen molar-refractivity contribution in [1.82, 2.24) is 5.32 Å². The molecule has 0 amide bonds. The van der Waals surface area contributed by atoms with Crippen LogP contribution in [0.4, 0.5) is 0 Å². The highest BCUT2D eigenvalue weighted by Gasteiger charge is 2.52. The Morgan fingerprint density at radius 3 is 2.59 bits per heavy atom. The van der Waals surface area contributed by atoms with Crippen molar-refractivity contribution in [2.24, 2.45) is 0 Å². The van der Waals surface area contributed by atoms with E-state index in [2.05, 4.69) is 5.32 Å². The van der Waals surface area contributed by atoms with Gasteiger partial charge in [-0.2, -0.15) is 0 Å². The topological polar surface area (TPSA) is 56.8 Å². The van der Waals surface area contributed by atoms with Crippen molar-refractivity contribution in [3.05, 3.63) is 0 Å². The maximum atomic E-state index is 12.0. The van der Waals surface area contributed by atoms with Crippen molar-refractivity contribution in [1.29, 1.82) is 0 Å². The Labute approximate surface area is 102 Å². The zero-order valence-electron chi connectivity index (χ0n) is 11.1. The smallest absolute Gasteiger partial charge is 0.326 e. The van der Waals surface area contributed by atoms with E-state index >= 15 is 0 Å². The molecule has 1 N–H and O–H groups in total. The van der Waals surface area contributed by atoms with Gasteiger partial charge < -0.3 is 14.2 Å². The standard InChI is InChI=1S/C12H21NO4/c1-11(2,3)17-10(14)8-9-7(6-13-8)15-12(4,5)16-9/h7-9,13H,6H2,1-5H3/t7-,8-,9-/m1/s1. The van der Waals surface area contributed by atoms with Gasteiger partial charge in [-0.05, 0) is 34.6 Å². The maximum Gasteiger partial charge on any atom is 0.326 e. The number of nitrogens with one attached hydrogen (secondary N) is 1. The quantitative estimate of drug-likeness (QED) is 0.691. The zero-order valence-corrected chi connectivity index (χ0v) is 11.1. The van der Waals surface area contributed by atoms with Crippen LogP contribution in [-0.4, -0.2) is 42.2 Å². The number of carbonyl (C=O) groups excluding carboxylic acids is 1. The molecule has 17 heavy (non-hydrogen) atoms. The summed E-state index contributed by atoms with van der Waals surface area (Å²) in [6.07, 6.45) is -0.317. The largest absolute Gasteiger partial charge is 0.459 e. The summed E-state index contributed by atoms with van der Waals surface area (Å²) in [5.74, 6) is -0.885. The Kier molecular flexibility index (Phi) is 2.96. The minimum atomic E-state index is -0.613. The second-order valence-electron chi connectivity index (χ2n) is 6.06. The SMILES string of the molecule is CC(C)(C)OC(=O)[C@@H]1NC[C@H]2OC(C)(C)O[C@H]21. The number of hydrogen-bond acceptors (Lipinski definition) is 5. The third kappa shape index (κ3) is 2.78. The molecule has 2 saturated heterocycles. The van der Waals surface area contributed by atoms with Gasteiger partial charge in [0.1, 0.15) is 23.9 Å². The van der Waals surface area contributed by atoms with Crippen LogP contribution in [0, 0.1) is 0 Å². The highest BCUT2D eigenvalue weighted by Crippen LogP contribution is 2.33. The number of rotatable bonds is 1. The Balaban J connectivity index is 2.02. The first-order chi connectivity index (χ1) is 7.68. The van der Waals surface area contributed by atoms with Gasteiger partial charge in [-0.25, -0.2) is 0 Å². The highest BCUT2D eigenvalue weighted by molar-refractivity contribution is 5.77. The molecule has 98 valence electrons. The fourth-order valence-electron chi connectivity index (χ4n) is 2.25. The lowest BCUT2D eigenvalue weighted by Gasteiger charge is -2.25. The number of ether oxygens (including phenoxy) is 3. The third-order valence-corrected chi connectivity index (χ3v) is 2.75. The summed E-state index contributed by atoms with van der Waals surface area (Å²) in [5.41, 5.74) is -0.480. The van der Waals surface area contributed by atoms with Crippen LogP contribution in [-0.2, 0) is 19.0 Å². The van der Waals surface area contributed by atoms with Gasteiger partial charge in [-0.1, -0.05) is 0 Å². The molecule has 0 aromatic carbocycles. The predicted molar refractivity (Wildman–Crippen MR) is 61.5 cm³/mol. The molecule has 0 aromatic heterocycles. The van der Waals surface area contributed by atoms with Gasteiger partial charge in [-0.15, -0.1) is 0 Å². The maximum absolute atomic E-state index is 12.0. The Morgan fingerprint density at radius 2 is 2.00 bits per heavy atom. The van der Waals surface area contributed by atoms with Crippen LogP contribution in [0.5, 0.6) is 0 Å². The summed E-state index contributed by atoms with van der Waals surface area (Å²) in [4.78, 5) is 12.0. The average Bonchev–Trinajstić information content (AvgIpc) is 2.54. The summed E-state index contributed by atoms with van der Waals surface area (Å²) in [5, 5.41) is 3.09. The second kappa shape index (κ2) is 3.93. The lowest BCUT2D eigenvalue weighted by molar-refractivity contribution is -0.169. The van der Waals surface area contributed by atoms with Crippen LogP contribution < -0.4 is 5.32 Å². The van der Waals surface area contributed by atoms with Gasteiger partial charge in [0.05, 0.1) is 0 Å². The molecule has 2 heterocycles. The molecule has 0 bridgehead atoms. The monoisotopic (exact) mass is 243 g/mol. The lowest BCUT2D eigenvalue weighted by atomic mass is 10.1. The Morgan fingerprint density at radius 1 is 1.35 bits per heavy atom. The number of carbonyl (C=O) groups is 1. The lowest BCUT2D eigenvalue weighted by Crippen LogP contribution is -2.44. The van der Waals surface area contributed by atoms with Crippen LogP contribution >= 0.6 is 0 Å². The molecule has 0 unspecified atom stereocenters. The molecule has 5 heteroatoms. The Hall–Kier alpha value is -0.650. The van der Waals surface area contributed by atoms with Crippen molar-refractivity contribution < 1.29 is 19.0 Å². The van der Waals surface area contributed by atoms with E-state index in [1.165, 1.54) is 0 Å². The van der Waals surface area contributed by atoms with E-state index in [1.807, 2.05) is 34.6 Å². The van der Waals surface area contributed by atoms with E-state index in [1.54, 1.807) is 0 Å². The van der Waals surface area contributed by atoms with Crippen LogP contribution in [0.25, 0.3) is 0 Å². The molecule has 2 fully saturated rings. The van der Waals surface area contributed by atoms with Crippen molar-refractivity contribution in [2.45, 2.75) is 64.3 Å². The van der Waals surface area contributed by atoms with E-state index in [-0.39, 0.29) is 18.2 Å². The number of fused-ring (bicyclic) bond motifs is 1. The molecular formula is C12H21NO4. The fourth-order valence-corrected chi connectivity index (χ4v) is 2.25. The minimum absolute atomic E-state index is 0.0671. The third-order valence-electron chi connectivity index (χ3n) is 2.75. The molecule has 3 atom stereocenters. The highest BCUT2D eigenvalue weighted by atomic mass is 16.8. The van der Waals surface area contributed by atoms with Crippen molar-refractivity contribution in [2.75, 3.05) is 6.54 Å². The normalized spacial score (nSPS) is 35.7. The summed E-state index contributed by atoms with van der Waals surface area (Å²) in [6.45, 7) is 9.90. The minimum Gasteiger partial charge on any atom is -0.459 e. The van der Waals surface area contributed by atoms with E-state index in [0.29, 0.717) is 6.54 Å². The number of esters is 1. The number of hydrogen-bond donors (Lipinski definition) is 1. The summed E-state index contributed by atoms with van der Waals surface area (Å²) in [7, 11) is 0. The molecule has 2 rings (SSSR count). The summed E-state index contributed by atoms with van der Waals surface area (Å²) in [6, 6.07) is -0.430. The molecule has 0 saturated carbocycles. The van der Waals surface area contributed by atoms with Crippen LogP contribution in [0.15, 0.2) is 0 Å².